The average Bonchev–Trinajstić information content (AvgIpc) is 3.20. The van der Waals surface area contributed by atoms with E-state index in [9.17, 15) is 9.59 Å². The van der Waals surface area contributed by atoms with E-state index in [-0.39, 0.29) is 23.7 Å². The van der Waals surface area contributed by atoms with Crippen molar-refractivity contribution in [2.75, 3.05) is 0 Å². The van der Waals surface area contributed by atoms with Gasteiger partial charge in [0.15, 0.2) is 10.8 Å². The van der Waals surface area contributed by atoms with Gasteiger partial charge in [0, 0.05) is 12.4 Å². The maximum atomic E-state index is 12.3. The van der Waals surface area contributed by atoms with Gasteiger partial charge in [-0.25, -0.2) is 19.7 Å². The molecule has 122 valence electrons. The molecular weight excluding hydrogens is 334 g/mol. The van der Waals surface area contributed by atoms with Gasteiger partial charge in [0.2, 0.25) is 0 Å². The predicted molar refractivity (Wildman–Crippen MR) is 82.5 cm³/mol. The highest BCUT2D eigenvalue weighted by atomic mass is 32.1. The molecule has 0 unspecified atom stereocenters. The van der Waals surface area contributed by atoms with Crippen molar-refractivity contribution in [3.63, 3.8) is 0 Å². The van der Waals surface area contributed by atoms with Crippen LogP contribution in [0.1, 0.15) is 31.4 Å². The van der Waals surface area contributed by atoms with Gasteiger partial charge in [-0.15, -0.1) is 11.3 Å². The van der Waals surface area contributed by atoms with Crippen molar-refractivity contribution in [1.82, 2.24) is 25.4 Å². The van der Waals surface area contributed by atoms with Crippen molar-refractivity contribution in [1.29, 1.82) is 0 Å². The van der Waals surface area contributed by atoms with Crippen molar-refractivity contribution >= 4 is 23.2 Å². The number of thiazole rings is 1. The number of nitrogens with zero attached hydrogens (tertiary/aromatic N) is 4. The summed E-state index contributed by atoms with van der Waals surface area (Å²) >= 11 is 1.16. The Morgan fingerprint density at radius 1 is 1.33 bits per heavy atom. The van der Waals surface area contributed by atoms with Crippen LogP contribution in [-0.2, 0) is 6.54 Å². The zero-order valence-corrected chi connectivity index (χ0v) is 13.2. The molecule has 3 aromatic heterocycles. The Bertz CT molecular complexity index is 890. The molecule has 0 radical (unpaired) electrons. The molecule has 0 saturated carbocycles. The molecule has 0 atom stereocenters. The number of hydrogen-bond donors (Lipinski definition) is 2. The number of rotatable bonds is 5. The fourth-order valence-corrected chi connectivity index (χ4v) is 2.85. The number of nitrogens with one attached hydrogen (secondary N) is 1. The van der Waals surface area contributed by atoms with Crippen LogP contribution in [0, 0.1) is 6.92 Å². The summed E-state index contributed by atoms with van der Waals surface area (Å²) in [6.45, 7) is 1.64. The summed E-state index contributed by atoms with van der Waals surface area (Å²) < 4.78 is 4.62. The van der Waals surface area contributed by atoms with E-state index in [4.69, 9.17) is 5.11 Å². The number of aromatic nitrogens is 4. The largest absolute Gasteiger partial charge is 0.478 e. The van der Waals surface area contributed by atoms with E-state index in [1.165, 1.54) is 0 Å². The van der Waals surface area contributed by atoms with Crippen molar-refractivity contribution in [2.24, 2.45) is 0 Å². The van der Waals surface area contributed by atoms with Crippen LogP contribution in [-0.4, -0.2) is 37.1 Å². The molecule has 3 aromatic rings. The Balaban J connectivity index is 1.75. The maximum absolute atomic E-state index is 12.3. The van der Waals surface area contributed by atoms with Crippen LogP contribution in [0.5, 0.6) is 0 Å². The van der Waals surface area contributed by atoms with Crippen molar-refractivity contribution in [3.8, 4) is 10.8 Å². The maximum Gasteiger partial charge on any atom is 0.341 e. The third-order valence-corrected chi connectivity index (χ3v) is 4.20. The predicted octanol–water partition coefficient (Wildman–Crippen LogP) is 1.52. The van der Waals surface area contributed by atoms with Gasteiger partial charge in [-0.05, 0) is 13.0 Å². The molecule has 3 rings (SSSR count). The first-order valence-corrected chi connectivity index (χ1v) is 7.57. The van der Waals surface area contributed by atoms with E-state index in [1.54, 1.807) is 25.4 Å². The number of carbonyl (C=O) groups excluding carboxylic acids is 1. The molecule has 3 heterocycles. The lowest BCUT2D eigenvalue weighted by molar-refractivity contribution is 0.0694. The molecule has 24 heavy (non-hydrogen) atoms. The quantitative estimate of drug-likeness (QED) is 0.711. The lowest BCUT2D eigenvalue weighted by Gasteiger charge is -2.01. The highest BCUT2D eigenvalue weighted by Gasteiger charge is 2.19. The van der Waals surface area contributed by atoms with E-state index < -0.39 is 5.97 Å². The molecule has 1 amide bonds. The minimum atomic E-state index is -1.17. The van der Waals surface area contributed by atoms with Crippen molar-refractivity contribution in [2.45, 2.75) is 13.5 Å². The third kappa shape index (κ3) is 3.13. The van der Waals surface area contributed by atoms with Crippen LogP contribution in [0.15, 0.2) is 29.2 Å². The highest BCUT2D eigenvalue weighted by molar-refractivity contribution is 7.17. The number of aromatic carboxylic acids is 1. The Kier molecular flexibility index (Phi) is 4.29. The first-order chi connectivity index (χ1) is 11.6. The highest BCUT2D eigenvalue weighted by Crippen LogP contribution is 2.25. The number of carboxylic acid groups (broad SMARTS) is 1. The molecule has 0 aliphatic rings. The van der Waals surface area contributed by atoms with Gasteiger partial charge in [0.05, 0.1) is 12.2 Å². The molecule has 0 aliphatic carbocycles. The normalized spacial score (nSPS) is 10.5. The van der Waals surface area contributed by atoms with Gasteiger partial charge in [-0.3, -0.25) is 4.79 Å². The number of hydrogen-bond acceptors (Lipinski definition) is 8. The van der Waals surface area contributed by atoms with E-state index >= 15 is 0 Å². The summed E-state index contributed by atoms with van der Waals surface area (Å²) in [5.41, 5.74) is 0.595. The molecule has 0 aliphatic heterocycles. The van der Waals surface area contributed by atoms with Crippen molar-refractivity contribution < 1.29 is 19.2 Å². The first-order valence-electron chi connectivity index (χ1n) is 6.76. The molecule has 0 spiro atoms. The summed E-state index contributed by atoms with van der Waals surface area (Å²) in [6, 6.07) is 1.69. The Morgan fingerprint density at radius 3 is 2.79 bits per heavy atom. The second-order valence-electron chi connectivity index (χ2n) is 4.67. The lowest BCUT2D eigenvalue weighted by Crippen LogP contribution is -2.23. The standard InChI is InChI=1S/C14H11N5O4S/c1-7-10(24-13(18-7)11-15-3-2-4-16-11)12(20)17-5-9-8(14(21)22)6-23-19-9/h2-4,6H,5H2,1H3,(H,17,20)(H,21,22). The van der Waals surface area contributed by atoms with Crippen LogP contribution in [0.2, 0.25) is 0 Å². The van der Waals surface area contributed by atoms with Gasteiger partial charge in [0.25, 0.3) is 5.91 Å². The summed E-state index contributed by atoms with van der Waals surface area (Å²) in [7, 11) is 0. The third-order valence-electron chi connectivity index (χ3n) is 3.05. The van der Waals surface area contributed by atoms with Crippen LogP contribution in [0.25, 0.3) is 10.8 Å². The first kappa shape index (κ1) is 15.7. The molecule has 0 aromatic carbocycles. The molecular formula is C14H11N5O4S. The number of carboxylic acids is 1. The number of carbonyl (C=O) groups is 2. The van der Waals surface area contributed by atoms with Gasteiger partial charge in [0.1, 0.15) is 22.4 Å². The summed E-state index contributed by atoms with van der Waals surface area (Å²) in [5.74, 6) is -1.11. The summed E-state index contributed by atoms with van der Waals surface area (Å²) in [6.07, 6.45) is 4.21. The minimum Gasteiger partial charge on any atom is -0.478 e. The summed E-state index contributed by atoms with van der Waals surface area (Å²) in [4.78, 5) is 36.2. The second kappa shape index (κ2) is 6.54. The lowest BCUT2D eigenvalue weighted by atomic mass is 10.2. The van der Waals surface area contributed by atoms with Crippen LogP contribution in [0.4, 0.5) is 0 Å². The molecule has 9 nitrogen and oxygen atoms in total. The number of aryl methyl sites for hydroxylation is 1. The Hall–Kier alpha value is -3.14. The zero-order chi connectivity index (χ0) is 17.1. The molecule has 0 fully saturated rings. The topological polar surface area (TPSA) is 131 Å². The Labute approximate surface area is 139 Å². The van der Waals surface area contributed by atoms with Crippen LogP contribution in [0.3, 0.4) is 0 Å². The SMILES string of the molecule is Cc1nc(-c2ncccn2)sc1C(=O)NCc1nocc1C(=O)O. The second-order valence-corrected chi connectivity index (χ2v) is 5.67. The smallest absolute Gasteiger partial charge is 0.341 e. The molecule has 10 heteroatoms. The van der Waals surface area contributed by atoms with E-state index in [0.717, 1.165) is 17.6 Å². The fourth-order valence-electron chi connectivity index (χ4n) is 1.92. The Morgan fingerprint density at radius 2 is 2.08 bits per heavy atom. The fraction of sp³-hybridized carbons (Fsp3) is 0.143. The van der Waals surface area contributed by atoms with Gasteiger partial charge in [-0.2, -0.15) is 0 Å². The van der Waals surface area contributed by atoms with Crippen LogP contribution >= 0.6 is 11.3 Å². The zero-order valence-electron chi connectivity index (χ0n) is 12.4. The molecule has 0 bridgehead atoms. The summed E-state index contributed by atoms with van der Waals surface area (Å²) in [5, 5.41) is 15.7. The van der Waals surface area contributed by atoms with Gasteiger partial charge in [-0.1, -0.05) is 5.16 Å². The van der Waals surface area contributed by atoms with E-state index in [1.807, 2.05) is 0 Å². The molecule has 0 saturated heterocycles. The van der Waals surface area contributed by atoms with Crippen LogP contribution < -0.4 is 5.32 Å². The van der Waals surface area contributed by atoms with Crippen molar-refractivity contribution in [3.05, 3.63) is 46.6 Å². The number of amides is 1. The van der Waals surface area contributed by atoms with E-state index in [0.29, 0.717) is 21.4 Å². The van der Waals surface area contributed by atoms with E-state index in [2.05, 4.69) is 29.9 Å². The minimum absolute atomic E-state index is 0.0640. The van der Waals surface area contributed by atoms with Gasteiger partial charge < -0.3 is 14.9 Å². The average molecular weight is 345 g/mol. The molecule has 2 N–H and O–H groups in total. The van der Waals surface area contributed by atoms with Gasteiger partial charge >= 0.3 is 5.97 Å². The monoisotopic (exact) mass is 345 g/mol.